The molecule has 0 spiro atoms. The fourth-order valence-corrected chi connectivity index (χ4v) is 16.9. The fourth-order valence-electron chi connectivity index (χ4n) is 12.4. The number of carbonyl (C=O) groups excluding carboxylic acids is 1. The van der Waals surface area contributed by atoms with Crippen LogP contribution in [0.2, 0.25) is 5.04 Å². The maximum atomic E-state index is 15.2. The maximum Gasteiger partial charge on any atom is 0.294 e. The van der Waals surface area contributed by atoms with Gasteiger partial charge in [-0.25, -0.2) is 4.98 Å². The Bertz CT molecular complexity index is 2030. The van der Waals surface area contributed by atoms with Crippen molar-refractivity contribution in [3.05, 3.63) is 95.3 Å². The van der Waals surface area contributed by atoms with Crippen molar-refractivity contribution in [3.8, 4) is 0 Å². The Morgan fingerprint density at radius 2 is 1.35 bits per heavy atom. The van der Waals surface area contributed by atoms with Crippen LogP contribution in [-0.4, -0.2) is 72.0 Å². The third-order valence-electron chi connectivity index (χ3n) is 14.7. The molecule has 3 aliphatic heterocycles. The number of para-hydroxylation sites is 2. The second-order valence-electron chi connectivity index (χ2n) is 19.3. The molecular formula is C48H63N5O3Si. The van der Waals surface area contributed by atoms with E-state index >= 15 is 4.79 Å². The Kier molecular flexibility index (Phi) is 10.7. The topological polar surface area (TPSA) is 79.7 Å². The summed E-state index contributed by atoms with van der Waals surface area (Å²) >= 11 is 0. The molecule has 8 nitrogen and oxygen atoms in total. The van der Waals surface area contributed by atoms with Crippen molar-refractivity contribution in [2.75, 3.05) is 18.1 Å². The van der Waals surface area contributed by atoms with Crippen molar-refractivity contribution in [2.45, 2.75) is 146 Å². The lowest BCUT2D eigenvalue weighted by molar-refractivity contribution is -0.120. The van der Waals surface area contributed by atoms with E-state index in [4.69, 9.17) is 9.41 Å². The van der Waals surface area contributed by atoms with Gasteiger partial charge in [0.25, 0.3) is 13.9 Å². The number of nitrogens with one attached hydrogen (secondary N) is 1. The number of anilines is 1. The minimum Gasteiger partial charge on any atom is -0.405 e. The molecule has 0 radical (unpaired) electrons. The minimum atomic E-state index is -2.88. The molecule has 2 saturated carbocycles. The maximum absolute atomic E-state index is 15.2. The first-order valence-electron chi connectivity index (χ1n) is 22.2. The summed E-state index contributed by atoms with van der Waals surface area (Å²) in [6, 6.07) is 31.1. The van der Waals surface area contributed by atoms with E-state index in [9.17, 15) is 4.79 Å². The van der Waals surface area contributed by atoms with E-state index in [1.807, 2.05) is 6.07 Å². The molecule has 2 unspecified atom stereocenters. The van der Waals surface area contributed by atoms with Crippen LogP contribution >= 0.6 is 0 Å². The summed E-state index contributed by atoms with van der Waals surface area (Å²) in [6.07, 6.45) is 15.7. The van der Waals surface area contributed by atoms with E-state index in [1.165, 1.54) is 74.6 Å². The fraction of sp³-hybridized carbons (Fsp3) is 0.562. The van der Waals surface area contributed by atoms with Crippen molar-refractivity contribution in [2.24, 2.45) is 11.8 Å². The lowest BCUT2D eigenvalue weighted by Gasteiger charge is -2.55. The highest BCUT2D eigenvalue weighted by atomic mass is 28.4. The third kappa shape index (κ3) is 7.20. The second kappa shape index (κ2) is 15.8. The number of hydrogen-bond acceptors (Lipinski definition) is 6. The summed E-state index contributed by atoms with van der Waals surface area (Å²) in [5.41, 5.74) is 1.78. The van der Waals surface area contributed by atoms with Crippen LogP contribution in [0.15, 0.2) is 89.7 Å². The smallest absolute Gasteiger partial charge is 0.294 e. The predicted octanol–water partition coefficient (Wildman–Crippen LogP) is 7.58. The molecule has 1 N–H and O–H groups in total. The van der Waals surface area contributed by atoms with Crippen LogP contribution in [0.3, 0.4) is 0 Å². The summed E-state index contributed by atoms with van der Waals surface area (Å²) in [4.78, 5) is 38.1. The number of aromatic nitrogens is 2. The minimum absolute atomic E-state index is 0.00867. The molecule has 4 aromatic rings. The Morgan fingerprint density at radius 3 is 1.95 bits per heavy atom. The van der Waals surface area contributed by atoms with Crippen LogP contribution in [0.1, 0.15) is 111 Å². The normalized spacial score (nSPS) is 29.4. The van der Waals surface area contributed by atoms with Gasteiger partial charge in [-0.1, -0.05) is 126 Å². The first-order valence-corrected chi connectivity index (χ1v) is 24.1. The van der Waals surface area contributed by atoms with Gasteiger partial charge in [0.1, 0.15) is 0 Å². The van der Waals surface area contributed by atoms with Crippen LogP contribution in [0.5, 0.6) is 0 Å². The number of fused-ring (bicyclic) bond motifs is 5. The Balaban J connectivity index is 1.05. The molecule has 3 aromatic carbocycles. The molecule has 5 fully saturated rings. The number of amides is 1. The molecule has 4 bridgehead atoms. The van der Waals surface area contributed by atoms with E-state index in [-0.39, 0.29) is 34.6 Å². The van der Waals surface area contributed by atoms with Crippen molar-refractivity contribution in [1.29, 1.82) is 0 Å². The number of piperidine rings is 2. The van der Waals surface area contributed by atoms with Crippen LogP contribution in [0.4, 0.5) is 5.82 Å². The zero-order chi connectivity index (χ0) is 39.3. The lowest BCUT2D eigenvalue weighted by atomic mass is 9.73. The van der Waals surface area contributed by atoms with Crippen LogP contribution in [-0.2, 0) is 9.22 Å². The molecule has 57 heavy (non-hydrogen) atoms. The first-order chi connectivity index (χ1) is 27.6. The van der Waals surface area contributed by atoms with Crippen molar-refractivity contribution < 1.29 is 9.22 Å². The third-order valence-corrected chi connectivity index (χ3v) is 19.7. The van der Waals surface area contributed by atoms with Gasteiger partial charge in [0.05, 0.1) is 29.7 Å². The van der Waals surface area contributed by atoms with Crippen LogP contribution < -0.4 is 26.1 Å². The van der Waals surface area contributed by atoms with E-state index in [1.54, 1.807) is 6.92 Å². The monoisotopic (exact) mass is 785 g/mol. The number of benzene rings is 3. The molecule has 9 heteroatoms. The van der Waals surface area contributed by atoms with Crippen molar-refractivity contribution >= 4 is 41.4 Å². The van der Waals surface area contributed by atoms with E-state index < -0.39 is 8.32 Å². The largest absolute Gasteiger partial charge is 0.405 e. The summed E-state index contributed by atoms with van der Waals surface area (Å²) in [7, 11) is -2.88. The Labute approximate surface area is 340 Å². The Morgan fingerprint density at radius 1 is 0.754 bits per heavy atom. The van der Waals surface area contributed by atoms with Gasteiger partial charge in [0.2, 0.25) is 5.91 Å². The number of nitrogens with zero attached hydrogens (tertiary/aromatic N) is 4. The highest BCUT2D eigenvalue weighted by molar-refractivity contribution is 6.99. The van der Waals surface area contributed by atoms with E-state index in [0.29, 0.717) is 37.1 Å². The second-order valence-corrected chi connectivity index (χ2v) is 23.6. The highest BCUT2D eigenvalue weighted by Gasteiger charge is 2.53. The number of hydrogen-bond donors (Lipinski definition) is 1. The molecule has 9 rings (SSSR count). The molecular weight excluding hydrogens is 723 g/mol. The van der Waals surface area contributed by atoms with Crippen LogP contribution in [0.25, 0.3) is 11.0 Å². The van der Waals surface area contributed by atoms with E-state index in [2.05, 4.69) is 119 Å². The standard InChI is InChI=1S/C48H63N5O3Si/c1-33(54)49-43-31-51(45(43)32-56-57(48(2,3)4,40-20-7-5-8-21-40)41-22-9-6-10-23-41)46-47(55)53(44-25-14-13-24-42(44)50-46)39-29-36-18-15-19-37(30-39)52(36)38-27-34-16-11-12-17-35(26-34)28-38/h5-10,13-14,20-25,34-39,43,45H,11-12,15-19,26-32H2,1-4H3,(H,49,54)/t34?,35?,36-,37+,38?,39+,43-,45-/m1/s1. The molecule has 1 aromatic heterocycles. The molecule has 2 aliphatic carbocycles. The summed E-state index contributed by atoms with van der Waals surface area (Å²) in [5.74, 6) is 2.20. The summed E-state index contributed by atoms with van der Waals surface area (Å²) < 4.78 is 9.61. The molecule has 302 valence electrons. The molecule has 5 aliphatic rings. The molecule has 7 atom stereocenters. The predicted molar refractivity (Wildman–Crippen MR) is 233 cm³/mol. The van der Waals surface area contributed by atoms with Gasteiger partial charge in [-0.3, -0.25) is 14.5 Å². The quantitative estimate of drug-likeness (QED) is 0.177. The number of rotatable bonds is 9. The van der Waals surface area contributed by atoms with E-state index in [0.717, 1.165) is 35.7 Å². The zero-order valence-electron chi connectivity index (χ0n) is 34.6. The van der Waals surface area contributed by atoms with Crippen LogP contribution in [0, 0.1) is 11.8 Å². The highest BCUT2D eigenvalue weighted by Crippen LogP contribution is 2.47. The molecule has 4 heterocycles. The first kappa shape index (κ1) is 38.7. The molecule has 1 amide bonds. The Hall–Kier alpha value is -3.79. The average molecular weight is 786 g/mol. The summed E-state index contributed by atoms with van der Waals surface area (Å²) in [6.45, 7) is 9.31. The molecule has 3 saturated heterocycles. The lowest BCUT2D eigenvalue weighted by Crippen LogP contribution is -2.73. The average Bonchev–Trinajstić information content (AvgIpc) is 3.36. The van der Waals surface area contributed by atoms with Gasteiger partial charge < -0.3 is 19.2 Å². The SMILES string of the molecule is CC(=O)N[C@@H]1CN(c2nc3ccccc3n([C@H]3C[C@H]4CCC[C@@H](C3)N4C3CC4CCCCC(C4)C3)c2=O)[C@@H]1CO[Si](c1ccccc1)(c1ccccc1)C(C)(C)C. The zero-order valence-corrected chi connectivity index (χ0v) is 35.6. The number of carbonyl (C=O) groups is 1. The van der Waals surface area contributed by atoms with Gasteiger partial charge in [0.15, 0.2) is 5.82 Å². The van der Waals surface area contributed by atoms with Gasteiger partial charge in [-0.05, 0) is 84.3 Å². The summed E-state index contributed by atoms with van der Waals surface area (Å²) in [5, 5.41) is 5.43. The van der Waals surface area contributed by atoms with Gasteiger partial charge >= 0.3 is 0 Å². The van der Waals surface area contributed by atoms with Gasteiger partial charge in [0, 0.05) is 37.6 Å². The van der Waals surface area contributed by atoms with Crippen molar-refractivity contribution in [3.63, 3.8) is 0 Å². The van der Waals surface area contributed by atoms with Gasteiger partial charge in [-0.2, -0.15) is 0 Å². The van der Waals surface area contributed by atoms with Gasteiger partial charge in [-0.15, -0.1) is 0 Å². The van der Waals surface area contributed by atoms with Crippen molar-refractivity contribution in [1.82, 2.24) is 19.8 Å².